The van der Waals surface area contributed by atoms with Crippen LogP contribution >= 0.6 is 0 Å². The number of unbranched alkanes of at least 4 members (excludes halogenated alkanes) is 3. The van der Waals surface area contributed by atoms with E-state index < -0.39 is 47.2 Å². The van der Waals surface area contributed by atoms with E-state index in [1.165, 1.54) is 18.9 Å². The molecule has 15 heteroatoms. The van der Waals surface area contributed by atoms with E-state index in [9.17, 15) is 28.8 Å². The van der Waals surface area contributed by atoms with Crippen LogP contribution < -0.4 is 18.9 Å². The highest BCUT2D eigenvalue weighted by Crippen LogP contribution is 2.38. The van der Waals surface area contributed by atoms with Crippen LogP contribution in [0.5, 0.6) is 23.0 Å². The minimum atomic E-state index is -1.30. The summed E-state index contributed by atoms with van der Waals surface area (Å²) in [5, 5.41) is 0. The Hall–Kier alpha value is -6.12. The molecule has 0 radical (unpaired) electrons. The van der Waals surface area contributed by atoms with Gasteiger partial charge in [0.25, 0.3) is 5.91 Å². The molecular formula is C54H72N2O13. The van der Waals surface area contributed by atoms with Gasteiger partial charge in [-0.1, -0.05) is 55.3 Å². The first-order valence-electron chi connectivity index (χ1n) is 24.5. The first kappa shape index (κ1) is 53.8. The second-order valence-corrected chi connectivity index (χ2v) is 18.4. The Morgan fingerprint density at radius 1 is 0.667 bits per heavy atom. The molecule has 0 spiro atoms. The number of ketones is 1. The smallest absolute Gasteiger partial charge is 0.329 e. The van der Waals surface area contributed by atoms with Crippen LogP contribution in [0.25, 0.3) is 0 Å². The molecular weight excluding hydrogens is 885 g/mol. The molecule has 2 heterocycles. The van der Waals surface area contributed by atoms with Crippen molar-refractivity contribution in [1.82, 2.24) is 9.80 Å². The van der Waals surface area contributed by atoms with Crippen LogP contribution in [0.2, 0.25) is 0 Å². The fraction of sp³-hybridized carbons (Fsp3) is 0.556. The largest absolute Gasteiger partial charge is 0.494 e. The van der Waals surface area contributed by atoms with Crippen molar-refractivity contribution >= 4 is 35.5 Å². The summed E-state index contributed by atoms with van der Waals surface area (Å²) in [5.74, 6) is -0.828. The van der Waals surface area contributed by atoms with Crippen LogP contribution in [0.15, 0.2) is 66.7 Å². The van der Waals surface area contributed by atoms with Gasteiger partial charge in [-0.3, -0.25) is 19.2 Å². The SMILES string of the molecule is COc1cc(CCCOC(=O)C2CCCCN2C(=O)C(=O)C(C)(C)COC(=O)CCCCCCOc2cccc([C@@H](CCc3ccccc3)OC(=O)[C@@H]3CCCCN3C(C)=O)c2)cc(OC)c1OC. The molecule has 0 aromatic heterocycles. The topological polar surface area (TPSA) is 174 Å². The molecule has 3 aromatic rings. The number of hydrogen-bond donors (Lipinski definition) is 0. The van der Waals surface area contributed by atoms with Gasteiger partial charge >= 0.3 is 17.9 Å². The van der Waals surface area contributed by atoms with E-state index >= 15 is 0 Å². The lowest BCUT2D eigenvalue weighted by Gasteiger charge is -2.35. The number of carbonyl (C=O) groups is 6. The molecule has 3 atom stereocenters. The molecule has 69 heavy (non-hydrogen) atoms. The third kappa shape index (κ3) is 16.0. The number of esters is 3. The number of rotatable bonds is 26. The second-order valence-electron chi connectivity index (χ2n) is 18.4. The van der Waals surface area contributed by atoms with Crippen molar-refractivity contribution in [2.45, 2.75) is 135 Å². The van der Waals surface area contributed by atoms with Crippen molar-refractivity contribution in [3.8, 4) is 23.0 Å². The van der Waals surface area contributed by atoms with Crippen molar-refractivity contribution in [3.05, 3.63) is 83.4 Å². The Bertz CT molecular complexity index is 2150. The number of ether oxygens (including phenoxy) is 7. The summed E-state index contributed by atoms with van der Waals surface area (Å²) in [7, 11) is 4.62. The Morgan fingerprint density at radius 3 is 2.00 bits per heavy atom. The molecule has 376 valence electrons. The van der Waals surface area contributed by atoms with Crippen molar-refractivity contribution in [2.75, 3.05) is 54.2 Å². The summed E-state index contributed by atoms with van der Waals surface area (Å²) in [6.07, 6.45) is 8.96. The van der Waals surface area contributed by atoms with E-state index in [1.807, 2.05) is 66.7 Å². The van der Waals surface area contributed by atoms with Crippen LogP contribution in [0.3, 0.4) is 0 Å². The normalized spacial score (nSPS) is 16.4. The first-order valence-corrected chi connectivity index (χ1v) is 24.5. The minimum absolute atomic E-state index is 0.120. The molecule has 2 aliphatic rings. The molecule has 0 N–H and O–H groups in total. The third-order valence-electron chi connectivity index (χ3n) is 12.8. The minimum Gasteiger partial charge on any atom is -0.494 e. The zero-order valence-corrected chi connectivity index (χ0v) is 41.4. The van der Waals surface area contributed by atoms with Crippen molar-refractivity contribution < 1.29 is 61.9 Å². The number of methoxy groups -OCH3 is 3. The van der Waals surface area contributed by atoms with Crippen LogP contribution in [-0.2, 0) is 55.8 Å². The van der Waals surface area contributed by atoms with Crippen molar-refractivity contribution in [3.63, 3.8) is 0 Å². The average Bonchev–Trinajstić information content (AvgIpc) is 3.37. The van der Waals surface area contributed by atoms with Gasteiger partial charge in [-0.05, 0) is 132 Å². The van der Waals surface area contributed by atoms with E-state index in [0.29, 0.717) is 93.9 Å². The van der Waals surface area contributed by atoms with Crippen LogP contribution in [-0.4, -0.2) is 112 Å². The van der Waals surface area contributed by atoms with Gasteiger partial charge in [0.15, 0.2) is 11.5 Å². The number of likely N-dealkylation sites (tertiary alicyclic amines) is 2. The van der Waals surface area contributed by atoms with Crippen LogP contribution in [0.4, 0.5) is 0 Å². The van der Waals surface area contributed by atoms with Gasteiger partial charge in [0, 0.05) is 26.4 Å². The molecule has 2 aliphatic heterocycles. The molecule has 5 rings (SSSR count). The fourth-order valence-corrected chi connectivity index (χ4v) is 8.79. The molecule has 2 amide bonds. The van der Waals surface area contributed by atoms with Gasteiger partial charge in [0.2, 0.25) is 17.4 Å². The summed E-state index contributed by atoms with van der Waals surface area (Å²) < 4.78 is 39.6. The van der Waals surface area contributed by atoms with Gasteiger partial charge in [-0.2, -0.15) is 0 Å². The molecule has 0 bridgehead atoms. The lowest BCUT2D eigenvalue weighted by atomic mass is 9.87. The molecule has 2 saturated heterocycles. The molecule has 0 aliphatic carbocycles. The number of hydrogen-bond acceptors (Lipinski definition) is 13. The highest BCUT2D eigenvalue weighted by molar-refractivity contribution is 6.38. The van der Waals surface area contributed by atoms with E-state index in [0.717, 1.165) is 48.8 Å². The van der Waals surface area contributed by atoms with Gasteiger partial charge in [-0.15, -0.1) is 0 Å². The van der Waals surface area contributed by atoms with E-state index in [4.69, 9.17) is 33.2 Å². The number of nitrogens with zero attached hydrogens (tertiary/aromatic N) is 2. The summed E-state index contributed by atoms with van der Waals surface area (Å²) in [6, 6.07) is 19.9. The second kappa shape index (κ2) is 27.2. The maximum Gasteiger partial charge on any atom is 0.329 e. The average molecular weight is 957 g/mol. The van der Waals surface area contributed by atoms with E-state index in [-0.39, 0.29) is 38.1 Å². The number of aryl methyl sites for hydroxylation is 2. The summed E-state index contributed by atoms with van der Waals surface area (Å²) in [6.45, 7) is 5.73. The molecule has 2 fully saturated rings. The monoisotopic (exact) mass is 957 g/mol. The highest BCUT2D eigenvalue weighted by atomic mass is 16.6. The van der Waals surface area contributed by atoms with Crippen molar-refractivity contribution in [1.29, 1.82) is 0 Å². The summed E-state index contributed by atoms with van der Waals surface area (Å²) in [4.78, 5) is 81.9. The van der Waals surface area contributed by atoms with Crippen LogP contribution in [0, 0.1) is 5.41 Å². The highest BCUT2D eigenvalue weighted by Gasteiger charge is 2.42. The Balaban J connectivity index is 1.01. The van der Waals surface area contributed by atoms with Gasteiger partial charge < -0.3 is 43.0 Å². The first-order chi connectivity index (χ1) is 33.3. The quantitative estimate of drug-likeness (QED) is 0.0325. The summed E-state index contributed by atoms with van der Waals surface area (Å²) in [5.41, 5.74) is 1.56. The zero-order valence-electron chi connectivity index (χ0n) is 41.4. The zero-order chi connectivity index (χ0) is 49.8. The van der Waals surface area contributed by atoms with Gasteiger partial charge in [-0.25, -0.2) is 9.59 Å². The van der Waals surface area contributed by atoms with E-state index in [1.54, 1.807) is 33.0 Å². The van der Waals surface area contributed by atoms with Gasteiger partial charge in [0.05, 0.1) is 40.0 Å². The summed E-state index contributed by atoms with van der Waals surface area (Å²) >= 11 is 0. The number of carbonyl (C=O) groups excluding carboxylic acids is 6. The molecule has 15 nitrogen and oxygen atoms in total. The maximum atomic E-state index is 13.6. The third-order valence-corrected chi connectivity index (χ3v) is 12.8. The Morgan fingerprint density at radius 2 is 1.33 bits per heavy atom. The standard InChI is InChI=1S/C54H72N2O13/c1-38(57)55-30-15-13-26-44(55)53(62)69-45(29-28-39-20-10-9-11-21-39)41-23-18-24-42(36-41)66-32-17-8-7-12-27-48(58)68-37-54(2,3)50(59)51(60)56-31-16-14-25-43(56)52(61)67-33-19-22-40-34-46(63-4)49(65-6)47(35-40)64-5/h9-11,18,20-21,23-24,34-36,43-45H,7-8,12-17,19,22,25-33,37H2,1-6H3/t43?,44-,45+/m0/s1. The number of amides is 2. The van der Waals surface area contributed by atoms with Gasteiger partial charge in [0.1, 0.15) is 30.5 Å². The Labute approximate surface area is 407 Å². The predicted molar refractivity (Wildman–Crippen MR) is 258 cm³/mol. The maximum absolute atomic E-state index is 13.6. The number of piperidine rings is 2. The fourth-order valence-electron chi connectivity index (χ4n) is 8.79. The van der Waals surface area contributed by atoms with E-state index in [2.05, 4.69) is 0 Å². The van der Waals surface area contributed by atoms with Crippen LogP contribution in [0.1, 0.15) is 127 Å². The lowest BCUT2D eigenvalue weighted by molar-refractivity contribution is -0.162. The molecule has 3 aromatic carbocycles. The molecule has 1 unspecified atom stereocenters. The predicted octanol–water partition coefficient (Wildman–Crippen LogP) is 8.36. The lowest BCUT2D eigenvalue weighted by Crippen LogP contribution is -2.53. The van der Waals surface area contributed by atoms with Crippen molar-refractivity contribution in [2.24, 2.45) is 5.41 Å². The molecule has 0 saturated carbocycles. The number of benzene rings is 3. The number of Topliss-reactive ketones (excluding diaryl/α,β-unsaturated/α-hetero) is 1. The Kier molecular flexibility index (Phi) is 21.2.